The molecule has 0 radical (unpaired) electrons. The summed E-state index contributed by atoms with van der Waals surface area (Å²) in [7, 11) is 0. The molecule has 202 valence electrons. The van der Waals surface area contributed by atoms with E-state index in [4.69, 9.17) is 14.3 Å². The number of fused-ring (bicyclic) bond motifs is 1. The molecular weight excluding hydrogens is 511 g/mol. The zero-order valence-electron chi connectivity index (χ0n) is 21.8. The third kappa shape index (κ3) is 4.67. The molecule has 40 heavy (non-hydrogen) atoms. The van der Waals surface area contributed by atoms with E-state index in [1.807, 2.05) is 85.8 Å². The predicted molar refractivity (Wildman–Crippen MR) is 147 cm³/mol. The minimum Gasteiger partial charge on any atom is -0.490 e. The predicted octanol–water partition coefficient (Wildman–Crippen LogP) is 5.85. The van der Waals surface area contributed by atoms with Crippen LogP contribution in [0.15, 0.2) is 103 Å². The van der Waals surface area contributed by atoms with Crippen LogP contribution >= 0.6 is 0 Å². The molecule has 0 N–H and O–H groups in total. The minimum absolute atomic E-state index is 0.305. The molecule has 0 aromatic heterocycles. The molecule has 7 nitrogen and oxygen atoms in total. The molecule has 2 heterocycles. The molecule has 2 amide bonds. The molecule has 0 aliphatic carbocycles. The molecule has 0 unspecified atom stereocenters. The van der Waals surface area contributed by atoms with Crippen LogP contribution in [0.2, 0.25) is 0 Å². The number of benzene rings is 4. The first-order valence-corrected chi connectivity index (χ1v) is 13.1. The van der Waals surface area contributed by atoms with Crippen LogP contribution < -0.4 is 19.4 Å². The Morgan fingerprint density at radius 1 is 0.775 bits per heavy atom. The quantitative estimate of drug-likeness (QED) is 0.262. The zero-order chi connectivity index (χ0) is 27.6. The maximum absolute atomic E-state index is 13.8. The van der Waals surface area contributed by atoms with E-state index in [0.29, 0.717) is 36.1 Å². The summed E-state index contributed by atoms with van der Waals surface area (Å²) < 4.78 is 25.6. The van der Waals surface area contributed by atoms with Gasteiger partial charge in [0.05, 0.1) is 24.0 Å². The van der Waals surface area contributed by atoms with E-state index in [9.17, 15) is 14.0 Å². The van der Waals surface area contributed by atoms with E-state index >= 15 is 0 Å². The number of hydroxylamine groups is 1. The van der Waals surface area contributed by atoms with E-state index < -0.39 is 35.7 Å². The molecule has 2 aliphatic rings. The van der Waals surface area contributed by atoms with Crippen LogP contribution in [0.3, 0.4) is 0 Å². The van der Waals surface area contributed by atoms with Gasteiger partial charge in [-0.15, -0.1) is 0 Å². The lowest BCUT2D eigenvalue weighted by molar-refractivity contribution is -0.126. The molecule has 0 bridgehead atoms. The van der Waals surface area contributed by atoms with Crippen LogP contribution in [-0.4, -0.2) is 24.5 Å². The fourth-order valence-electron chi connectivity index (χ4n) is 5.23. The standard InChI is InChI=1S/C32H27FN2O5/c1-2-38-27-19-22(13-18-26(27)39-20-21-9-5-3-6-10-21)29-28-30(40-35(29)25-11-7-4-8-12-25)32(37)34(31(28)36)24-16-14-23(33)15-17-24/h3-19,28-30H,2,20H2,1H3/t28-,29+,30-/m1/s1. The number of imide groups is 1. The van der Waals surface area contributed by atoms with Crippen molar-refractivity contribution >= 4 is 23.2 Å². The summed E-state index contributed by atoms with van der Waals surface area (Å²) in [5.41, 5.74) is 2.76. The summed E-state index contributed by atoms with van der Waals surface area (Å²) >= 11 is 0. The lowest BCUT2D eigenvalue weighted by Crippen LogP contribution is -2.37. The van der Waals surface area contributed by atoms with Gasteiger partial charge in [-0.05, 0) is 66.6 Å². The van der Waals surface area contributed by atoms with Crippen LogP contribution in [0.1, 0.15) is 24.1 Å². The molecule has 4 aromatic rings. The summed E-state index contributed by atoms with van der Waals surface area (Å²) in [6.07, 6.45) is -1.03. The average Bonchev–Trinajstić information content (AvgIpc) is 3.49. The summed E-state index contributed by atoms with van der Waals surface area (Å²) in [6.45, 7) is 2.67. The second-order valence-corrected chi connectivity index (χ2v) is 9.56. The van der Waals surface area contributed by atoms with Crippen LogP contribution in [0.4, 0.5) is 15.8 Å². The Labute approximate surface area is 231 Å². The number of hydrogen-bond donors (Lipinski definition) is 0. The van der Waals surface area contributed by atoms with Gasteiger partial charge in [0.15, 0.2) is 17.6 Å². The monoisotopic (exact) mass is 538 g/mol. The van der Waals surface area contributed by atoms with Gasteiger partial charge >= 0.3 is 0 Å². The second-order valence-electron chi connectivity index (χ2n) is 9.56. The Bertz CT molecular complexity index is 1510. The van der Waals surface area contributed by atoms with Crippen LogP contribution in [0.25, 0.3) is 0 Å². The van der Waals surface area contributed by atoms with Gasteiger partial charge < -0.3 is 9.47 Å². The molecule has 2 aliphatic heterocycles. The highest BCUT2D eigenvalue weighted by atomic mass is 19.1. The van der Waals surface area contributed by atoms with Gasteiger partial charge in [0.2, 0.25) is 5.91 Å². The SMILES string of the molecule is CCOc1cc([C@H]2[C@H]3C(=O)N(c4ccc(F)cc4)C(=O)[C@@H]3ON2c2ccccc2)ccc1OCc1ccccc1. The molecule has 6 rings (SSSR count). The molecule has 2 fully saturated rings. The molecule has 8 heteroatoms. The fraction of sp³-hybridized carbons (Fsp3) is 0.188. The van der Waals surface area contributed by atoms with Crippen molar-refractivity contribution < 1.29 is 28.3 Å². The maximum Gasteiger partial charge on any atom is 0.266 e. The molecule has 0 spiro atoms. The number of anilines is 2. The maximum atomic E-state index is 13.8. The van der Waals surface area contributed by atoms with E-state index in [0.717, 1.165) is 16.0 Å². The molecular formula is C32H27FN2O5. The van der Waals surface area contributed by atoms with Crippen molar-refractivity contribution in [3.05, 3.63) is 120 Å². The third-order valence-electron chi connectivity index (χ3n) is 7.06. The van der Waals surface area contributed by atoms with Gasteiger partial charge in [-0.3, -0.25) is 14.4 Å². The van der Waals surface area contributed by atoms with Crippen molar-refractivity contribution in [3.8, 4) is 11.5 Å². The van der Waals surface area contributed by atoms with E-state index in [1.165, 1.54) is 24.3 Å². The Morgan fingerprint density at radius 2 is 1.48 bits per heavy atom. The Balaban J connectivity index is 1.37. The second kappa shape index (κ2) is 10.8. The number of halogens is 1. The Hall–Kier alpha value is -4.69. The number of ether oxygens (including phenoxy) is 2. The summed E-state index contributed by atoms with van der Waals surface area (Å²) in [5.74, 6) is -1.09. The van der Waals surface area contributed by atoms with Crippen LogP contribution in [0, 0.1) is 11.7 Å². The number of hydrogen-bond acceptors (Lipinski definition) is 6. The highest BCUT2D eigenvalue weighted by Crippen LogP contribution is 2.48. The zero-order valence-corrected chi connectivity index (χ0v) is 21.8. The molecule has 2 saturated heterocycles. The first-order chi connectivity index (χ1) is 19.5. The van der Waals surface area contributed by atoms with E-state index in [-0.39, 0.29) is 0 Å². The molecule has 0 saturated carbocycles. The first-order valence-electron chi connectivity index (χ1n) is 13.1. The number of carbonyl (C=O) groups excluding carboxylic acids is 2. The lowest BCUT2D eigenvalue weighted by Gasteiger charge is -2.29. The number of rotatable bonds is 8. The molecule has 4 aromatic carbocycles. The average molecular weight is 539 g/mol. The van der Waals surface area contributed by atoms with Gasteiger partial charge in [0.1, 0.15) is 18.3 Å². The lowest BCUT2D eigenvalue weighted by atomic mass is 9.90. The van der Waals surface area contributed by atoms with Gasteiger partial charge in [-0.2, -0.15) is 0 Å². The van der Waals surface area contributed by atoms with Gasteiger partial charge in [0, 0.05) is 0 Å². The molecule has 3 atom stereocenters. The minimum atomic E-state index is -1.03. The van der Waals surface area contributed by atoms with Crippen molar-refractivity contribution in [2.75, 3.05) is 16.6 Å². The smallest absolute Gasteiger partial charge is 0.266 e. The summed E-state index contributed by atoms with van der Waals surface area (Å²) in [6, 6.07) is 29.3. The Kier molecular flexibility index (Phi) is 6.92. The number of para-hydroxylation sites is 1. The van der Waals surface area contributed by atoms with Crippen molar-refractivity contribution in [2.45, 2.75) is 25.7 Å². The topological polar surface area (TPSA) is 68.3 Å². The van der Waals surface area contributed by atoms with E-state index in [2.05, 4.69) is 0 Å². The first kappa shape index (κ1) is 25.6. The third-order valence-corrected chi connectivity index (χ3v) is 7.06. The fourth-order valence-corrected chi connectivity index (χ4v) is 5.23. The highest BCUT2D eigenvalue weighted by molar-refractivity contribution is 6.23. The van der Waals surface area contributed by atoms with Crippen LogP contribution in [0.5, 0.6) is 11.5 Å². The van der Waals surface area contributed by atoms with Crippen molar-refractivity contribution in [1.29, 1.82) is 0 Å². The number of carbonyl (C=O) groups is 2. The van der Waals surface area contributed by atoms with Gasteiger partial charge in [-0.25, -0.2) is 14.4 Å². The number of nitrogens with zero attached hydrogens (tertiary/aromatic N) is 2. The summed E-state index contributed by atoms with van der Waals surface area (Å²) in [5, 5.41) is 1.63. The van der Waals surface area contributed by atoms with Crippen LogP contribution in [-0.2, 0) is 21.0 Å². The largest absolute Gasteiger partial charge is 0.490 e. The van der Waals surface area contributed by atoms with Gasteiger partial charge in [-0.1, -0.05) is 54.6 Å². The summed E-state index contributed by atoms with van der Waals surface area (Å²) in [4.78, 5) is 34.6. The van der Waals surface area contributed by atoms with Gasteiger partial charge in [0.25, 0.3) is 5.91 Å². The van der Waals surface area contributed by atoms with Crippen molar-refractivity contribution in [3.63, 3.8) is 0 Å². The number of amides is 2. The van der Waals surface area contributed by atoms with E-state index in [1.54, 1.807) is 5.06 Å². The normalized spacial score (nSPS) is 20.1. The van der Waals surface area contributed by atoms with Crippen molar-refractivity contribution in [1.82, 2.24) is 0 Å². The Morgan fingerprint density at radius 3 is 2.17 bits per heavy atom. The highest BCUT2D eigenvalue weighted by Gasteiger charge is 2.60. The van der Waals surface area contributed by atoms with Crippen molar-refractivity contribution in [2.24, 2.45) is 5.92 Å².